The molecular formula is C15H29N3O. The number of hydrogen-bond acceptors (Lipinski definition) is 3. The van der Waals surface area contributed by atoms with E-state index in [1.807, 2.05) is 0 Å². The highest BCUT2D eigenvalue weighted by molar-refractivity contribution is 5.79. The first kappa shape index (κ1) is 14.8. The van der Waals surface area contributed by atoms with Crippen molar-refractivity contribution in [2.45, 2.75) is 38.6 Å². The molecule has 4 nitrogen and oxygen atoms in total. The highest BCUT2D eigenvalue weighted by Crippen LogP contribution is 2.31. The molecule has 19 heavy (non-hydrogen) atoms. The lowest BCUT2D eigenvalue weighted by Gasteiger charge is -2.30. The van der Waals surface area contributed by atoms with Gasteiger partial charge in [-0.1, -0.05) is 13.3 Å². The zero-order chi connectivity index (χ0) is 14.0. The van der Waals surface area contributed by atoms with Crippen LogP contribution in [0.5, 0.6) is 0 Å². The van der Waals surface area contributed by atoms with Crippen molar-refractivity contribution in [1.82, 2.24) is 9.80 Å². The van der Waals surface area contributed by atoms with Crippen LogP contribution in [0.2, 0.25) is 0 Å². The van der Waals surface area contributed by atoms with Crippen LogP contribution in [0.4, 0.5) is 0 Å². The minimum Gasteiger partial charge on any atom is -0.341 e. The molecular weight excluding hydrogens is 238 g/mol. The first-order valence-electron chi connectivity index (χ1n) is 7.68. The average Bonchev–Trinajstić information content (AvgIpc) is 2.80. The number of rotatable bonds is 3. The fraction of sp³-hybridized carbons (Fsp3) is 0.933. The molecule has 0 radical (unpaired) electrons. The number of carbonyl (C=O) groups is 1. The third kappa shape index (κ3) is 3.29. The lowest BCUT2D eigenvalue weighted by atomic mass is 9.81. The summed E-state index contributed by atoms with van der Waals surface area (Å²) in [6.45, 7) is 4.81. The van der Waals surface area contributed by atoms with E-state index in [1.54, 1.807) is 0 Å². The summed E-state index contributed by atoms with van der Waals surface area (Å²) in [5, 5.41) is 0. The van der Waals surface area contributed by atoms with Crippen molar-refractivity contribution < 1.29 is 4.79 Å². The van der Waals surface area contributed by atoms with Gasteiger partial charge < -0.3 is 15.5 Å². The van der Waals surface area contributed by atoms with Crippen molar-refractivity contribution >= 4 is 5.91 Å². The summed E-state index contributed by atoms with van der Waals surface area (Å²) < 4.78 is 0. The molecule has 4 atom stereocenters. The van der Waals surface area contributed by atoms with Crippen LogP contribution in [0, 0.1) is 17.8 Å². The number of nitrogens with two attached hydrogens (primary N) is 1. The molecule has 0 aromatic rings. The van der Waals surface area contributed by atoms with Crippen LogP contribution in [0.15, 0.2) is 0 Å². The lowest BCUT2D eigenvalue weighted by Crippen LogP contribution is -2.39. The third-order valence-electron chi connectivity index (χ3n) is 5.01. The third-order valence-corrected chi connectivity index (χ3v) is 5.01. The predicted octanol–water partition coefficient (Wildman–Crippen LogP) is 1.16. The van der Waals surface area contributed by atoms with Crippen molar-refractivity contribution in [3.8, 4) is 0 Å². The topological polar surface area (TPSA) is 49.6 Å². The van der Waals surface area contributed by atoms with Gasteiger partial charge >= 0.3 is 0 Å². The predicted molar refractivity (Wildman–Crippen MR) is 77.7 cm³/mol. The van der Waals surface area contributed by atoms with E-state index in [4.69, 9.17) is 5.73 Å². The molecule has 1 aliphatic heterocycles. The maximum atomic E-state index is 12.6. The van der Waals surface area contributed by atoms with E-state index in [1.165, 1.54) is 12.8 Å². The lowest BCUT2D eigenvalue weighted by molar-refractivity contribution is -0.136. The molecule has 2 N–H and O–H groups in total. The second-order valence-corrected chi connectivity index (χ2v) is 6.72. The Kier molecular flexibility index (Phi) is 4.85. The number of likely N-dealkylation sites (N-methyl/N-ethyl adjacent to an activating group) is 1. The second kappa shape index (κ2) is 6.23. The van der Waals surface area contributed by atoms with Gasteiger partial charge in [0.1, 0.15) is 0 Å². The van der Waals surface area contributed by atoms with Crippen LogP contribution >= 0.6 is 0 Å². The zero-order valence-corrected chi connectivity index (χ0v) is 12.6. The van der Waals surface area contributed by atoms with Gasteiger partial charge in [0.15, 0.2) is 0 Å². The Labute approximate surface area is 117 Å². The second-order valence-electron chi connectivity index (χ2n) is 6.72. The number of nitrogens with zero attached hydrogens (tertiary/aromatic N) is 2. The summed E-state index contributed by atoms with van der Waals surface area (Å²) in [6.07, 6.45) is 4.44. The SMILES string of the molecule is CC1CN(C(=O)C2CCCC(CN)C2)CC1N(C)C. The minimum atomic E-state index is 0.232. The molecule has 1 saturated carbocycles. The molecule has 0 bridgehead atoms. The average molecular weight is 267 g/mol. The van der Waals surface area contributed by atoms with Crippen molar-refractivity contribution in [3.05, 3.63) is 0 Å². The fourth-order valence-electron chi connectivity index (χ4n) is 3.79. The van der Waals surface area contributed by atoms with Crippen molar-refractivity contribution in [3.63, 3.8) is 0 Å². The van der Waals surface area contributed by atoms with Crippen molar-refractivity contribution in [2.24, 2.45) is 23.5 Å². The van der Waals surface area contributed by atoms with Gasteiger partial charge in [0.2, 0.25) is 5.91 Å². The Bertz CT molecular complexity index is 319. The van der Waals surface area contributed by atoms with Gasteiger partial charge in [-0.25, -0.2) is 0 Å². The van der Waals surface area contributed by atoms with Gasteiger partial charge in [-0.05, 0) is 51.7 Å². The van der Waals surface area contributed by atoms with Crippen LogP contribution in [0.25, 0.3) is 0 Å². The number of hydrogen-bond donors (Lipinski definition) is 1. The monoisotopic (exact) mass is 267 g/mol. The molecule has 4 unspecified atom stereocenters. The van der Waals surface area contributed by atoms with Gasteiger partial charge in [0.25, 0.3) is 0 Å². The van der Waals surface area contributed by atoms with Crippen LogP contribution in [0.1, 0.15) is 32.6 Å². The van der Waals surface area contributed by atoms with E-state index in [9.17, 15) is 4.79 Å². The molecule has 4 heteroatoms. The molecule has 2 fully saturated rings. The Morgan fingerprint density at radius 1 is 1.32 bits per heavy atom. The summed E-state index contributed by atoms with van der Waals surface area (Å²) in [5.74, 6) is 1.75. The summed E-state index contributed by atoms with van der Waals surface area (Å²) in [6, 6.07) is 0.512. The summed E-state index contributed by atoms with van der Waals surface area (Å²) in [4.78, 5) is 17.0. The summed E-state index contributed by atoms with van der Waals surface area (Å²) in [7, 11) is 4.22. The minimum absolute atomic E-state index is 0.232. The van der Waals surface area contributed by atoms with Crippen LogP contribution < -0.4 is 5.73 Å². The molecule has 0 aromatic carbocycles. The molecule has 1 amide bonds. The molecule has 2 rings (SSSR count). The van der Waals surface area contributed by atoms with Crippen molar-refractivity contribution in [2.75, 3.05) is 33.7 Å². The van der Waals surface area contributed by atoms with Crippen LogP contribution in [-0.2, 0) is 4.79 Å². The zero-order valence-electron chi connectivity index (χ0n) is 12.6. The van der Waals surface area contributed by atoms with E-state index in [0.29, 0.717) is 23.8 Å². The van der Waals surface area contributed by atoms with Gasteiger partial charge in [0.05, 0.1) is 0 Å². The van der Waals surface area contributed by atoms with E-state index in [0.717, 1.165) is 32.5 Å². The van der Waals surface area contributed by atoms with Gasteiger partial charge in [-0.15, -0.1) is 0 Å². The molecule has 2 aliphatic rings. The van der Waals surface area contributed by atoms with E-state index < -0.39 is 0 Å². The Morgan fingerprint density at radius 2 is 2.05 bits per heavy atom. The molecule has 1 saturated heterocycles. The quantitative estimate of drug-likeness (QED) is 0.835. The Balaban J connectivity index is 1.93. The standard InChI is InChI=1S/C15H29N3O/c1-11-9-18(10-14(11)17(2)3)15(19)13-6-4-5-12(7-13)8-16/h11-14H,4-10,16H2,1-3H3. The normalized spacial score (nSPS) is 35.9. The highest BCUT2D eigenvalue weighted by atomic mass is 16.2. The molecule has 1 aliphatic carbocycles. The number of amides is 1. The first-order valence-corrected chi connectivity index (χ1v) is 7.68. The smallest absolute Gasteiger partial charge is 0.225 e. The van der Waals surface area contributed by atoms with Gasteiger partial charge in [-0.2, -0.15) is 0 Å². The summed E-state index contributed by atoms with van der Waals surface area (Å²) in [5.41, 5.74) is 5.77. The van der Waals surface area contributed by atoms with Crippen molar-refractivity contribution in [1.29, 1.82) is 0 Å². The molecule has 1 heterocycles. The Hall–Kier alpha value is -0.610. The Morgan fingerprint density at radius 3 is 2.63 bits per heavy atom. The maximum Gasteiger partial charge on any atom is 0.225 e. The molecule has 0 aromatic heterocycles. The summed E-state index contributed by atoms with van der Waals surface area (Å²) >= 11 is 0. The first-order chi connectivity index (χ1) is 9.02. The number of likely N-dealkylation sites (tertiary alicyclic amines) is 1. The molecule has 0 spiro atoms. The van der Waals surface area contributed by atoms with E-state index in [-0.39, 0.29) is 5.92 Å². The van der Waals surface area contributed by atoms with Gasteiger partial charge in [-0.3, -0.25) is 4.79 Å². The van der Waals surface area contributed by atoms with Crippen LogP contribution in [0.3, 0.4) is 0 Å². The highest BCUT2D eigenvalue weighted by Gasteiger charge is 2.37. The largest absolute Gasteiger partial charge is 0.341 e. The fourth-order valence-corrected chi connectivity index (χ4v) is 3.79. The molecule has 110 valence electrons. The van der Waals surface area contributed by atoms with E-state index in [2.05, 4.69) is 30.8 Å². The van der Waals surface area contributed by atoms with Gasteiger partial charge in [0, 0.05) is 25.0 Å². The maximum absolute atomic E-state index is 12.6. The number of carbonyl (C=O) groups excluding carboxylic acids is 1. The van der Waals surface area contributed by atoms with Crippen LogP contribution in [-0.4, -0.2) is 55.5 Å². The van der Waals surface area contributed by atoms with E-state index >= 15 is 0 Å².